The Labute approximate surface area is 176 Å². The summed E-state index contributed by atoms with van der Waals surface area (Å²) in [4.78, 5) is 47.5. The first-order chi connectivity index (χ1) is 14.1. The molecule has 2 saturated carbocycles. The lowest BCUT2D eigenvalue weighted by molar-refractivity contribution is -0.137. The zero-order chi connectivity index (χ0) is 21.8. The molecule has 2 fully saturated rings. The van der Waals surface area contributed by atoms with Crippen molar-refractivity contribution in [2.75, 3.05) is 0 Å². The average molecular weight is 414 g/mol. The summed E-state index contributed by atoms with van der Waals surface area (Å²) in [5.41, 5.74) is 1.36. The minimum atomic E-state index is -1.04. The molecule has 0 aliphatic heterocycles. The molecule has 0 amide bonds. The van der Waals surface area contributed by atoms with Crippen molar-refractivity contribution in [3.05, 3.63) is 23.3 Å². The first-order valence-corrected chi connectivity index (χ1v) is 11.0. The highest BCUT2D eigenvalue weighted by molar-refractivity contribution is 6.26. The molecule has 7 atom stereocenters. The Balaban J connectivity index is 1.77. The van der Waals surface area contributed by atoms with Gasteiger partial charge in [0.05, 0.1) is 0 Å². The second kappa shape index (κ2) is 7.26. The molecule has 1 unspecified atom stereocenters. The lowest BCUT2D eigenvalue weighted by atomic mass is 9.48. The van der Waals surface area contributed by atoms with Crippen molar-refractivity contribution in [2.24, 2.45) is 34.5 Å². The molecule has 0 aromatic rings. The monoisotopic (exact) mass is 414 g/mol. The molecular weight excluding hydrogens is 384 g/mol. The van der Waals surface area contributed by atoms with Gasteiger partial charge in [0.1, 0.15) is 6.10 Å². The summed E-state index contributed by atoms with van der Waals surface area (Å²) in [7, 11) is 0. The minimum Gasteiger partial charge on any atom is -0.481 e. The number of Topliss-reactive ketones (excluding diaryl/α,β-unsaturated/α-hetero) is 1. The minimum absolute atomic E-state index is 0.0983. The number of fused-ring (bicyclic) bond motifs is 5. The molecule has 6 heteroatoms. The predicted octanol–water partition coefficient (Wildman–Crippen LogP) is 2.88. The molecule has 4 aliphatic carbocycles. The molecule has 2 N–H and O–H groups in total. The fraction of sp³-hybridized carbons (Fsp3) is 0.667. The SMILES string of the molecule is C[C@]12CC(O)C(=O)C=C1C[C@@H](C(=O)C=O)[C@@H]1C2=CC[C@]2(C)[C@@H](CCC(=O)O)CC[C@@H]12. The van der Waals surface area contributed by atoms with E-state index in [2.05, 4.69) is 19.9 Å². The first kappa shape index (κ1) is 21.2. The Morgan fingerprint density at radius 3 is 2.67 bits per heavy atom. The van der Waals surface area contributed by atoms with Gasteiger partial charge < -0.3 is 10.2 Å². The largest absolute Gasteiger partial charge is 0.481 e. The number of hydrogen-bond acceptors (Lipinski definition) is 5. The third kappa shape index (κ3) is 3.03. The summed E-state index contributed by atoms with van der Waals surface area (Å²) >= 11 is 0. The Morgan fingerprint density at radius 1 is 1.27 bits per heavy atom. The Bertz CT molecular complexity index is 869. The van der Waals surface area contributed by atoms with Crippen molar-refractivity contribution in [1.29, 1.82) is 0 Å². The number of aliphatic carboxylic acids is 1. The van der Waals surface area contributed by atoms with Crippen LogP contribution in [0.15, 0.2) is 23.3 Å². The number of carboxylic acid groups (broad SMARTS) is 1. The molecule has 0 radical (unpaired) electrons. The molecule has 0 aromatic carbocycles. The fourth-order valence-electron chi connectivity index (χ4n) is 7.16. The van der Waals surface area contributed by atoms with E-state index >= 15 is 0 Å². The summed E-state index contributed by atoms with van der Waals surface area (Å²) in [5, 5.41) is 19.4. The molecule has 6 nitrogen and oxygen atoms in total. The van der Waals surface area contributed by atoms with Crippen LogP contribution in [0.5, 0.6) is 0 Å². The Hall–Kier alpha value is -2.08. The van der Waals surface area contributed by atoms with E-state index in [-0.39, 0.29) is 35.4 Å². The third-order valence-electron chi connectivity index (χ3n) is 8.81. The van der Waals surface area contributed by atoms with Crippen molar-refractivity contribution in [3.63, 3.8) is 0 Å². The van der Waals surface area contributed by atoms with E-state index in [0.29, 0.717) is 25.5 Å². The maximum Gasteiger partial charge on any atom is 0.303 e. The molecule has 0 saturated heterocycles. The maximum absolute atomic E-state index is 12.7. The number of carboxylic acids is 1. The van der Waals surface area contributed by atoms with Crippen molar-refractivity contribution in [2.45, 2.75) is 64.9 Å². The molecule has 162 valence electrons. The normalized spacial score (nSPS) is 42.4. The Kier molecular flexibility index (Phi) is 5.12. The highest BCUT2D eigenvalue weighted by Gasteiger charge is 2.59. The zero-order valence-electron chi connectivity index (χ0n) is 17.6. The number of aliphatic hydroxyl groups is 1. The number of ketones is 2. The van der Waals surface area contributed by atoms with Crippen LogP contribution in [0.4, 0.5) is 0 Å². The standard InChI is InChI=1S/C24H30O6/c1-23-8-7-17-22(16(23)5-3-13(23)4-6-21(29)30)15(20(28)12-25)9-14-10-18(26)19(27)11-24(14,17)2/h7,10,12-13,15-16,19,22,27H,3-6,8-9,11H2,1-2H3,(H,29,30)/t13-,15+,16+,19?,22+,23-,24+/m1/s1. The van der Waals surface area contributed by atoms with Gasteiger partial charge in [-0.1, -0.05) is 31.1 Å². The fourth-order valence-corrected chi connectivity index (χ4v) is 7.16. The third-order valence-corrected chi connectivity index (χ3v) is 8.81. The number of hydrogen-bond donors (Lipinski definition) is 2. The van der Waals surface area contributed by atoms with Crippen LogP contribution in [0.2, 0.25) is 0 Å². The number of aliphatic hydroxyl groups excluding tert-OH is 1. The van der Waals surface area contributed by atoms with E-state index in [1.807, 2.05) is 0 Å². The van der Waals surface area contributed by atoms with E-state index < -0.39 is 29.2 Å². The molecule has 4 rings (SSSR count). The van der Waals surface area contributed by atoms with Crippen LogP contribution in [0, 0.1) is 34.5 Å². The summed E-state index contributed by atoms with van der Waals surface area (Å²) in [5.74, 6) is -1.66. The van der Waals surface area contributed by atoms with Crippen LogP contribution in [0.3, 0.4) is 0 Å². The van der Waals surface area contributed by atoms with E-state index in [1.165, 1.54) is 6.08 Å². The van der Waals surface area contributed by atoms with Gasteiger partial charge in [0.25, 0.3) is 0 Å². The van der Waals surface area contributed by atoms with Gasteiger partial charge in [0.2, 0.25) is 0 Å². The number of aldehydes is 1. The van der Waals surface area contributed by atoms with E-state index in [4.69, 9.17) is 5.11 Å². The molecule has 0 heterocycles. The topological polar surface area (TPSA) is 109 Å². The van der Waals surface area contributed by atoms with Crippen molar-refractivity contribution in [1.82, 2.24) is 0 Å². The lowest BCUT2D eigenvalue weighted by Gasteiger charge is -2.56. The second-order valence-electron chi connectivity index (χ2n) is 10.2. The highest BCUT2D eigenvalue weighted by atomic mass is 16.4. The molecule has 30 heavy (non-hydrogen) atoms. The number of rotatable bonds is 5. The van der Waals surface area contributed by atoms with Crippen molar-refractivity contribution >= 4 is 23.8 Å². The summed E-state index contributed by atoms with van der Waals surface area (Å²) in [6.45, 7) is 4.26. The van der Waals surface area contributed by atoms with Crippen LogP contribution in [0.25, 0.3) is 0 Å². The lowest BCUT2D eigenvalue weighted by Crippen LogP contribution is -2.51. The molecule has 4 aliphatic rings. The molecule has 0 spiro atoms. The summed E-state index contributed by atoms with van der Waals surface area (Å²) < 4.78 is 0. The van der Waals surface area contributed by atoms with Crippen LogP contribution in [-0.4, -0.2) is 40.1 Å². The van der Waals surface area contributed by atoms with Gasteiger partial charge in [0.15, 0.2) is 17.9 Å². The van der Waals surface area contributed by atoms with Crippen LogP contribution in [-0.2, 0) is 19.2 Å². The summed E-state index contributed by atoms with van der Waals surface area (Å²) in [6.07, 6.45) is 7.13. The molecule has 0 bridgehead atoms. The van der Waals surface area contributed by atoms with Crippen molar-refractivity contribution in [3.8, 4) is 0 Å². The van der Waals surface area contributed by atoms with Gasteiger partial charge in [-0.2, -0.15) is 0 Å². The molecular formula is C24H30O6. The zero-order valence-corrected chi connectivity index (χ0v) is 17.6. The highest BCUT2D eigenvalue weighted by Crippen LogP contribution is 2.66. The van der Waals surface area contributed by atoms with Crippen LogP contribution in [0.1, 0.15) is 58.8 Å². The molecule has 0 aromatic heterocycles. The number of carbonyl (C=O) groups excluding carboxylic acids is 3. The van der Waals surface area contributed by atoms with Crippen LogP contribution >= 0.6 is 0 Å². The Morgan fingerprint density at radius 2 is 2.00 bits per heavy atom. The number of carbonyl (C=O) groups is 4. The first-order valence-electron chi connectivity index (χ1n) is 11.0. The second-order valence-corrected chi connectivity index (χ2v) is 10.2. The van der Waals surface area contributed by atoms with Gasteiger partial charge in [-0.15, -0.1) is 0 Å². The summed E-state index contributed by atoms with van der Waals surface area (Å²) in [6, 6.07) is 0. The van der Waals surface area contributed by atoms with Gasteiger partial charge in [-0.05, 0) is 67.8 Å². The van der Waals surface area contributed by atoms with Crippen LogP contribution < -0.4 is 0 Å². The van der Waals surface area contributed by atoms with E-state index in [9.17, 15) is 24.3 Å². The van der Waals surface area contributed by atoms with E-state index in [1.54, 1.807) is 0 Å². The van der Waals surface area contributed by atoms with Gasteiger partial charge in [-0.3, -0.25) is 19.2 Å². The number of allylic oxidation sites excluding steroid dienone is 3. The maximum atomic E-state index is 12.7. The predicted molar refractivity (Wildman–Crippen MR) is 108 cm³/mol. The van der Waals surface area contributed by atoms with Gasteiger partial charge >= 0.3 is 5.97 Å². The van der Waals surface area contributed by atoms with Gasteiger partial charge in [0, 0.05) is 17.8 Å². The van der Waals surface area contributed by atoms with Crippen molar-refractivity contribution < 1.29 is 29.4 Å². The average Bonchev–Trinajstić information content (AvgIpc) is 3.03. The smallest absolute Gasteiger partial charge is 0.303 e. The van der Waals surface area contributed by atoms with E-state index in [0.717, 1.165) is 30.4 Å². The van der Waals surface area contributed by atoms with Gasteiger partial charge in [-0.25, -0.2) is 0 Å². The quantitative estimate of drug-likeness (QED) is 0.407.